The number of H-pyrrole nitrogens is 1. The lowest BCUT2D eigenvalue weighted by Crippen LogP contribution is -1.99. The molecule has 0 aliphatic heterocycles. The molecule has 0 aliphatic rings. The SMILES string of the molecule is Cc1ccccc1-c1nc(Nc2n[nH]c3ccc(F)cc23)c2sncc2n1. The Balaban J connectivity index is 1.67. The fourth-order valence-corrected chi connectivity index (χ4v) is 3.63. The highest BCUT2D eigenvalue weighted by atomic mass is 32.1. The maximum Gasteiger partial charge on any atom is 0.162 e. The molecule has 0 amide bonds. The number of benzene rings is 2. The van der Waals surface area contributed by atoms with E-state index in [-0.39, 0.29) is 5.82 Å². The number of hydrogen-bond acceptors (Lipinski definition) is 6. The van der Waals surface area contributed by atoms with Gasteiger partial charge in [0.1, 0.15) is 16.0 Å². The van der Waals surface area contributed by atoms with Crippen LogP contribution in [-0.4, -0.2) is 24.5 Å². The summed E-state index contributed by atoms with van der Waals surface area (Å²) >= 11 is 1.30. The van der Waals surface area contributed by atoms with Crippen molar-refractivity contribution < 1.29 is 4.39 Å². The second-order valence-corrected chi connectivity index (χ2v) is 6.94. The standard InChI is InChI=1S/C19H13FN6S/c1-10-4-2-3-5-12(10)17-22-15-9-21-27-16(15)19(23-17)24-18-13-8-11(20)6-7-14(13)25-26-18/h2-9H,1H3,(H2,22,23,24,25,26). The quantitative estimate of drug-likeness (QED) is 0.472. The first-order valence-electron chi connectivity index (χ1n) is 8.28. The number of aromatic nitrogens is 5. The summed E-state index contributed by atoms with van der Waals surface area (Å²) in [6, 6.07) is 12.4. The lowest BCUT2D eigenvalue weighted by Gasteiger charge is -2.08. The minimum absolute atomic E-state index is 0.321. The smallest absolute Gasteiger partial charge is 0.162 e. The van der Waals surface area contributed by atoms with Crippen molar-refractivity contribution >= 4 is 44.3 Å². The number of halogens is 1. The van der Waals surface area contributed by atoms with Gasteiger partial charge in [-0.25, -0.2) is 14.4 Å². The second-order valence-electron chi connectivity index (χ2n) is 6.14. The summed E-state index contributed by atoms with van der Waals surface area (Å²) in [5, 5.41) is 11.0. The number of nitrogens with one attached hydrogen (secondary N) is 2. The molecule has 0 radical (unpaired) electrons. The topological polar surface area (TPSA) is 79.4 Å². The molecular weight excluding hydrogens is 363 g/mol. The van der Waals surface area contributed by atoms with Crippen molar-refractivity contribution in [2.45, 2.75) is 6.92 Å². The van der Waals surface area contributed by atoms with Gasteiger partial charge >= 0.3 is 0 Å². The number of hydrogen-bond donors (Lipinski definition) is 2. The van der Waals surface area contributed by atoms with Crippen LogP contribution < -0.4 is 5.32 Å². The van der Waals surface area contributed by atoms with Crippen LogP contribution in [0.4, 0.5) is 16.0 Å². The van der Waals surface area contributed by atoms with E-state index >= 15 is 0 Å². The van der Waals surface area contributed by atoms with Gasteiger partial charge in [-0.05, 0) is 42.2 Å². The lowest BCUT2D eigenvalue weighted by molar-refractivity contribution is 0.630. The van der Waals surface area contributed by atoms with Crippen LogP contribution in [0, 0.1) is 12.7 Å². The van der Waals surface area contributed by atoms with Gasteiger partial charge in [0.2, 0.25) is 0 Å². The van der Waals surface area contributed by atoms with E-state index in [1.165, 1.54) is 23.7 Å². The Morgan fingerprint density at radius 1 is 1.07 bits per heavy atom. The summed E-state index contributed by atoms with van der Waals surface area (Å²) in [5.74, 6) is 1.39. The maximum absolute atomic E-state index is 13.7. The fourth-order valence-electron chi connectivity index (χ4n) is 3.00. The number of nitrogens with zero attached hydrogens (tertiary/aromatic N) is 4. The number of aryl methyl sites for hydroxylation is 1. The fraction of sp³-hybridized carbons (Fsp3) is 0.0526. The van der Waals surface area contributed by atoms with Gasteiger partial charge in [0.05, 0.1) is 11.7 Å². The molecule has 2 aromatic carbocycles. The monoisotopic (exact) mass is 376 g/mol. The molecular formula is C19H13FN6S. The first kappa shape index (κ1) is 15.8. The highest BCUT2D eigenvalue weighted by molar-refractivity contribution is 7.13. The van der Waals surface area contributed by atoms with Crippen LogP contribution in [0.1, 0.15) is 5.56 Å². The van der Waals surface area contributed by atoms with Crippen LogP contribution in [0.3, 0.4) is 0 Å². The van der Waals surface area contributed by atoms with E-state index in [1.807, 2.05) is 31.2 Å². The van der Waals surface area contributed by atoms with Gasteiger partial charge in [0.25, 0.3) is 0 Å². The average molecular weight is 376 g/mol. The van der Waals surface area contributed by atoms with E-state index in [2.05, 4.69) is 24.9 Å². The maximum atomic E-state index is 13.7. The third-order valence-electron chi connectivity index (χ3n) is 4.36. The van der Waals surface area contributed by atoms with Gasteiger partial charge in [0.15, 0.2) is 17.5 Å². The van der Waals surface area contributed by atoms with Gasteiger partial charge < -0.3 is 5.32 Å². The molecule has 3 aromatic heterocycles. The predicted octanol–water partition coefficient (Wildman–Crippen LogP) is 4.82. The number of aromatic amines is 1. The molecule has 6 nitrogen and oxygen atoms in total. The molecule has 27 heavy (non-hydrogen) atoms. The minimum atomic E-state index is -0.321. The molecule has 8 heteroatoms. The van der Waals surface area contributed by atoms with E-state index in [0.29, 0.717) is 22.8 Å². The number of anilines is 2. The Morgan fingerprint density at radius 3 is 2.85 bits per heavy atom. The zero-order valence-corrected chi connectivity index (χ0v) is 15.0. The third kappa shape index (κ3) is 2.70. The van der Waals surface area contributed by atoms with E-state index in [1.54, 1.807) is 12.3 Å². The average Bonchev–Trinajstić information content (AvgIpc) is 3.29. The molecule has 5 aromatic rings. The van der Waals surface area contributed by atoms with Gasteiger partial charge in [-0.1, -0.05) is 24.3 Å². The Hall–Kier alpha value is -3.39. The van der Waals surface area contributed by atoms with E-state index in [9.17, 15) is 4.39 Å². The van der Waals surface area contributed by atoms with Crippen molar-refractivity contribution in [3.63, 3.8) is 0 Å². The van der Waals surface area contributed by atoms with Crippen molar-refractivity contribution in [3.8, 4) is 11.4 Å². The summed E-state index contributed by atoms with van der Waals surface area (Å²) in [6.07, 6.45) is 1.72. The van der Waals surface area contributed by atoms with E-state index in [4.69, 9.17) is 4.98 Å². The van der Waals surface area contributed by atoms with Crippen molar-refractivity contribution in [3.05, 3.63) is 60.0 Å². The number of fused-ring (bicyclic) bond motifs is 2. The molecule has 5 rings (SSSR count). The third-order valence-corrected chi connectivity index (χ3v) is 5.15. The van der Waals surface area contributed by atoms with Crippen molar-refractivity contribution in [2.75, 3.05) is 5.32 Å². The predicted molar refractivity (Wildman–Crippen MR) is 105 cm³/mol. The molecule has 0 atom stereocenters. The van der Waals surface area contributed by atoms with Crippen LogP contribution >= 0.6 is 11.5 Å². The van der Waals surface area contributed by atoms with Crippen LogP contribution in [0.25, 0.3) is 32.5 Å². The van der Waals surface area contributed by atoms with Crippen LogP contribution in [-0.2, 0) is 0 Å². The summed E-state index contributed by atoms with van der Waals surface area (Å²) < 4.78 is 18.7. The van der Waals surface area contributed by atoms with Crippen LogP contribution in [0.15, 0.2) is 48.7 Å². The van der Waals surface area contributed by atoms with Crippen molar-refractivity contribution in [1.29, 1.82) is 0 Å². The molecule has 0 unspecified atom stereocenters. The summed E-state index contributed by atoms with van der Waals surface area (Å²) in [7, 11) is 0. The van der Waals surface area contributed by atoms with Crippen molar-refractivity contribution in [2.24, 2.45) is 0 Å². The van der Waals surface area contributed by atoms with Crippen molar-refractivity contribution in [1.82, 2.24) is 24.5 Å². The van der Waals surface area contributed by atoms with E-state index < -0.39 is 0 Å². The zero-order valence-electron chi connectivity index (χ0n) is 14.2. The Morgan fingerprint density at radius 2 is 1.96 bits per heavy atom. The second kappa shape index (κ2) is 6.10. The summed E-state index contributed by atoms with van der Waals surface area (Å²) in [5.41, 5.74) is 3.53. The van der Waals surface area contributed by atoms with E-state index in [0.717, 1.165) is 26.9 Å². The summed E-state index contributed by atoms with van der Waals surface area (Å²) in [4.78, 5) is 9.35. The molecule has 2 N–H and O–H groups in total. The molecule has 0 bridgehead atoms. The van der Waals surface area contributed by atoms with Gasteiger partial charge in [-0.3, -0.25) is 5.10 Å². The molecule has 0 fully saturated rings. The first-order valence-corrected chi connectivity index (χ1v) is 9.05. The highest BCUT2D eigenvalue weighted by Crippen LogP contribution is 2.32. The number of rotatable bonds is 3. The lowest BCUT2D eigenvalue weighted by atomic mass is 10.1. The van der Waals surface area contributed by atoms with Gasteiger partial charge in [0, 0.05) is 10.9 Å². The molecule has 0 saturated carbocycles. The molecule has 0 spiro atoms. The van der Waals surface area contributed by atoms with Crippen LogP contribution in [0.5, 0.6) is 0 Å². The van der Waals surface area contributed by atoms with Gasteiger partial charge in [-0.15, -0.1) is 0 Å². The largest absolute Gasteiger partial charge is 0.322 e. The van der Waals surface area contributed by atoms with Gasteiger partial charge in [-0.2, -0.15) is 9.47 Å². The van der Waals surface area contributed by atoms with Crippen LogP contribution in [0.2, 0.25) is 0 Å². The first-order chi connectivity index (χ1) is 13.2. The Bertz CT molecular complexity index is 1290. The molecule has 0 saturated heterocycles. The molecule has 0 aliphatic carbocycles. The normalized spacial score (nSPS) is 11.3. The Kier molecular flexibility index (Phi) is 3.58. The Labute approximate surface area is 157 Å². The summed E-state index contributed by atoms with van der Waals surface area (Å²) in [6.45, 7) is 2.02. The highest BCUT2D eigenvalue weighted by Gasteiger charge is 2.15. The minimum Gasteiger partial charge on any atom is -0.322 e. The molecule has 132 valence electrons. The molecule has 3 heterocycles. The zero-order chi connectivity index (χ0) is 18.4.